The standard InChI is InChI=1S/C14H21N5S2/c1-9-8-20-13(16-9)11-12(15)17-21-14(11)19(3)10-4-6-18(2)7-5-10/h8,10H,4-7H2,1-3H3,(H2,15,17). The maximum absolute atomic E-state index is 6.10. The molecule has 0 aliphatic carbocycles. The molecule has 21 heavy (non-hydrogen) atoms. The molecule has 0 saturated carbocycles. The average molecular weight is 323 g/mol. The molecule has 1 fully saturated rings. The van der Waals surface area contributed by atoms with Crippen molar-refractivity contribution in [1.29, 1.82) is 0 Å². The fourth-order valence-electron chi connectivity index (χ4n) is 2.75. The van der Waals surface area contributed by atoms with Crippen molar-refractivity contribution in [2.45, 2.75) is 25.8 Å². The molecule has 0 aromatic carbocycles. The van der Waals surface area contributed by atoms with E-state index in [1.54, 1.807) is 11.3 Å². The fraction of sp³-hybridized carbons (Fsp3) is 0.571. The van der Waals surface area contributed by atoms with Gasteiger partial charge in [-0.2, -0.15) is 4.37 Å². The third-order valence-electron chi connectivity index (χ3n) is 4.09. The number of hydrogen-bond acceptors (Lipinski definition) is 7. The van der Waals surface area contributed by atoms with Gasteiger partial charge in [0.1, 0.15) is 15.8 Å². The van der Waals surface area contributed by atoms with E-state index in [0.29, 0.717) is 11.9 Å². The fourth-order valence-corrected chi connectivity index (χ4v) is 4.51. The second kappa shape index (κ2) is 5.90. The van der Waals surface area contributed by atoms with Gasteiger partial charge in [-0.3, -0.25) is 0 Å². The maximum atomic E-state index is 6.10. The van der Waals surface area contributed by atoms with Crippen molar-refractivity contribution >= 4 is 33.7 Å². The molecule has 0 amide bonds. The van der Waals surface area contributed by atoms with E-state index in [1.807, 2.05) is 6.92 Å². The molecule has 2 N–H and O–H groups in total. The van der Waals surface area contributed by atoms with Crippen molar-refractivity contribution in [2.24, 2.45) is 0 Å². The second-order valence-electron chi connectivity index (χ2n) is 5.69. The number of thiazole rings is 1. The van der Waals surface area contributed by atoms with Crippen LogP contribution in [0.2, 0.25) is 0 Å². The van der Waals surface area contributed by atoms with Crippen molar-refractivity contribution < 1.29 is 0 Å². The van der Waals surface area contributed by atoms with Gasteiger partial charge in [0, 0.05) is 24.2 Å². The van der Waals surface area contributed by atoms with Crippen LogP contribution in [0.1, 0.15) is 18.5 Å². The Morgan fingerprint density at radius 3 is 2.71 bits per heavy atom. The van der Waals surface area contributed by atoms with Crippen LogP contribution in [0.3, 0.4) is 0 Å². The minimum atomic E-state index is 0.556. The predicted octanol–water partition coefficient (Wildman–Crippen LogP) is 2.69. The molecule has 7 heteroatoms. The van der Waals surface area contributed by atoms with Gasteiger partial charge in [-0.1, -0.05) is 0 Å². The zero-order valence-corrected chi connectivity index (χ0v) is 14.3. The summed E-state index contributed by atoms with van der Waals surface area (Å²) in [4.78, 5) is 9.32. The summed E-state index contributed by atoms with van der Waals surface area (Å²) in [5, 5.41) is 4.19. The van der Waals surface area contributed by atoms with Crippen LogP contribution in [-0.2, 0) is 0 Å². The number of nitrogens with two attached hydrogens (primary N) is 1. The lowest BCUT2D eigenvalue weighted by atomic mass is 10.0. The van der Waals surface area contributed by atoms with E-state index >= 15 is 0 Å². The van der Waals surface area contributed by atoms with E-state index in [1.165, 1.54) is 24.4 Å². The van der Waals surface area contributed by atoms with E-state index in [2.05, 4.69) is 38.6 Å². The molecule has 2 aromatic rings. The highest BCUT2D eigenvalue weighted by molar-refractivity contribution is 7.15. The number of rotatable bonds is 3. The Morgan fingerprint density at radius 1 is 1.38 bits per heavy atom. The van der Waals surface area contributed by atoms with Crippen LogP contribution in [0.5, 0.6) is 0 Å². The SMILES string of the molecule is Cc1csc(-c2c(N)nsc2N(C)C2CCN(C)CC2)n1. The molecule has 3 rings (SSSR count). The van der Waals surface area contributed by atoms with E-state index in [9.17, 15) is 0 Å². The predicted molar refractivity (Wildman–Crippen MR) is 91.3 cm³/mol. The average Bonchev–Trinajstić information content (AvgIpc) is 3.04. The summed E-state index contributed by atoms with van der Waals surface area (Å²) in [6.45, 7) is 4.31. The van der Waals surface area contributed by atoms with Crippen LogP contribution in [0, 0.1) is 6.92 Å². The Kier molecular flexibility index (Phi) is 4.14. The molecule has 3 heterocycles. The topological polar surface area (TPSA) is 58.3 Å². The molecule has 0 unspecified atom stereocenters. The van der Waals surface area contributed by atoms with E-state index in [4.69, 9.17) is 5.73 Å². The molecule has 0 bridgehead atoms. The Bertz CT molecular complexity index is 613. The first kappa shape index (κ1) is 14.7. The van der Waals surface area contributed by atoms with E-state index < -0.39 is 0 Å². The first-order chi connectivity index (χ1) is 10.1. The van der Waals surface area contributed by atoms with Crippen molar-refractivity contribution in [3.63, 3.8) is 0 Å². The minimum absolute atomic E-state index is 0.556. The molecule has 5 nitrogen and oxygen atoms in total. The first-order valence-corrected chi connectivity index (χ1v) is 8.80. The lowest BCUT2D eigenvalue weighted by Gasteiger charge is -2.35. The number of nitrogen functional groups attached to an aromatic ring is 1. The summed E-state index contributed by atoms with van der Waals surface area (Å²) < 4.78 is 4.37. The number of likely N-dealkylation sites (tertiary alicyclic amines) is 1. The molecular formula is C14H21N5S2. The second-order valence-corrected chi connectivity index (χ2v) is 7.30. The van der Waals surface area contributed by atoms with Gasteiger partial charge in [0.2, 0.25) is 0 Å². The molecule has 1 aliphatic heterocycles. The molecule has 0 radical (unpaired) electrons. The van der Waals surface area contributed by atoms with Crippen molar-refractivity contribution in [1.82, 2.24) is 14.3 Å². The lowest BCUT2D eigenvalue weighted by molar-refractivity contribution is 0.253. The van der Waals surface area contributed by atoms with Gasteiger partial charge in [0.25, 0.3) is 0 Å². The molecule has 1 aliphatic rings. The molecular weight excluding hydrogens is 302 g/mol. The number of hydrogen-bond donors (Lipinski definition) is 1. The minimum Gasteiger partial charge on any atom is -0.382 e. The lowest BCUT2D eigenvalue weighted by Crippen LogP contribution is -2.41. The monoisotopic (exact) mass is 323 g/mol. The van der Waals surface area contributed by atoms with Gasteiger partial charge < -0.3 is 15.5 Å². The highest BCUT2D eigenvalue weighted by Crippen LogP contribution is 2.41. The van der Waals surface area contributed by atoms with E-state index in [0.717, 1.165) is 34.4 Å². The van der Waals surface area contributed by atoms with Gasteiger partial charge in [0.15, 0.2) is 0 Å². The summed E-state index contributed by atoms with van der Waals surface area (Å²) in [6, 6.07) is 0.556. The molecule has 1 saturated heterocycles. The zero-order valence-electron chi connectivity index (χ0n) is 12.7. The van der Waals surface area contributed by atoms with Crippen LogP contribution < -0.4 is 10.6 Å². The Morgan fingerprint density at radius 2 is 2.10 bits per heavy atom. The highest BCUT2D eigenvalue weighted by atomic mass is 32.1. The summed E-state index contributed by atoms with van der Waals surface area (Å²) in [6.07, 6.45) is 2.36. The Hall–Kier alpha value is -1.18. The number of piperidine rings is 1. The number of aromatic nitrogens is 2. The summed E-state index contributed by atoms with van der Waals surface area (Å²) in [7, 11) is 4.34. The van der Waals surface area contributed by atoms with Crippen LogP contribution in [0.15, 0.2) is 5.38 Å². The van der Waals surface area contributed by atoms with Crippen molar-refractivity contribution in [3.05, 3.63) is 11.1 Å². The van der Waals surface area contributed by atoms with Crippen LogP contribution in [0.4, 0.5) is 10.8 Å². The molecule has 114 valence electrons. The zero-order chi connectivity index (χ0) is 15.0. The third kappa shape index (κ3) is 2.90. The number of aryl methyl sites for hydroxylation is 1. The van der Waals surface area contributed by atoms with Crippen molar-refractivity contribution in [3.8, 4) is 10.6 Å². The first-order valence-electron chi connectivity index (χ1n) is 7.15. The Balaban J connectivity index is 1.89. The van der Waals surface area contributed by atoms with Gasteiger partial charge in [0.05, 0.1) is 5.56 Å². The highest BCUT2D eigenvalue weighted by Gasteiger charge is 2.26. The Labute approximate surface area is 133 Å². The quantitative estimate of drug-likeness (QED) is 0.941. The maximum Gasteiger partial charge on any atom is 0.149 e. The summed E-state index contributed by atoms with van der Waals surface area (Å²) in [5.74, 6) is 0.601. The van der Waals surface area contributed by atoms with Gasteiger partial charge >= 0.3 is 0 Å². The van der Waals surface area contributed by atoms with Gasteiger partial charge in [-0.25, -0.2) is 4.98 Å². The summed E-state index contributed by atoms with van der Waals surface area (Å²) >= 11 is 3.13. The molecule has 2 aromatic heterocycles. The number of nitrogens with zero attached hydrogens (tertiary/aromatic N) is 4. The molecule has 0 spiro atoms. The van der Waals surface area contributed by atoms with Crippen LogP contribution in [0.25, 0.3) is 10.6 Å². The van der Waals surface area contributed by atoms with Crippen LogP contribution >= 0.6 is 22.9 Å². The normalized spacial score (nSPS) is 17.3. The van der Waals surface area contributed by atoms with Crippen LogP contribution in [-0.4, -0.2) is 47.5 Å². The van der Waals surface area contributed by atoms with Gasteiger partial charge in [-0.15, -0.1) is 11.3 Å². The van der Waals surface area contributed by atoms with Crippen molar-refractivity contribution in [2.75, 3.05) is 37.8 Å². The van der Waals surface area contributed by atoms with E-state index in [-0.39, 0.29) is 0 Å². The van der Waals surface area contributed by atoms with Gasteiger partial charge in [-0.05, 0) is 51.4 Å². The smallest absolute Gasteiger partial charge is 0.149 e. The number of anilines is 2. The molecule has 0 atom stereocenters. The summed E-state index contributed by atoms with van der Waals surface area (Å²) in [5.41, 5.74) is 8.15. The largest absolute Gasteiger partial charge is 0.382 e. The third-order valence-corrected chi connectivity index (χ3v) is 6.02.